The number of hydrogen-bond donors (Lipinski definition) is 3. The van der Waals surface area contributed by atoms with Crippen molar-refractivity contribution in [3.8, 4) is 0 Å². The van der Waals surface area contributed by atoms with Gasteiger partial charge in [-0.1, -0.05) is 46.5 Å². The third-order valence-corrected chi connectivity index (χ3v) is 4.26. The van der Waals surface area contributed by atoms with Gasteiger partial charge >= 0.3 is 0 Å². The molecular weight excluding hydrogens is 252 g/mol. The minimum atomic E-state index is -1.21. The van der Waals surface area contributed by atoms with Crippen molar-refractivity contribution in [1.82, 2.24) is 5.32 Å². The molecule has 1 unspecified atom stereocenters. The molecule has 4 heteroatoms. The number of unbranched alkanes of at least 4 members (excludes halogenated alkanes) is 2. The standard InChI is InChI=1S/C16H32N2O2/c1-4-5-6-7-13-8-9-14(17)16(20,11-13)18-15(19)10-12(2)3/h12-14,20H,4-11,17H2,1-3H3,(H,18,19)/t13?,14-,16-/m0/s1. The number of nitrogens with two attached hydrogens (primary N) is 1. The molecule has 1 aliphatic rings. The summed E-state index contributed by atoms with van der Waals surface area (Å²) in [6.07, 6.45) is 7.66. The van der Waals surface area contributed by atoms with E-state index >= 15 is 0 Å². The van der Waals surface area contributed by atoms with Crippen LogP contribution in [0.15, 0.2) is 0 Å². The molecule has 1 fully saturated rings. The molecule has 0 heterocycles. The van der Waals surface area contributed by atoms with Gasteiger partial charge < -0.3 is 16.2 Å². The van der Waals surface area contributed by atoms with Crippen LogP contribution in [-0.2, 0) is 4.79 Å². The summed E-state index contributed by atoms with van der Waals surface area (Å²) in [5.41, 5.74) is 4.84. The van der Waals surface area contributed by atoms with Gasteiger partial charge in [-0.15, -0.1) is 0 Å². The molecule has 3 atom stereocenters. The maximum absolute atomic E-state index is 11.9. The molecule has 1 amide bonds. The first kappa shape index (κ1) is 17.4. The van der Waals surface area contributed by atoms with E-state index in [1.807, 2.05) is 13.8 Å². The lowest BCUT2D eigenvalue weighted by Crippen LogP contribution is -2.62. The van der Waals surface area contributed by atoms with E-state index in [0.29, 0.717) is 24.7 Å². The fourth-order valence-electron chi connectivity index (χ4n) is 3.08. The monoisotopic (exact) mass is 284 g/mol. The number of carbonyl (C=O) groups is 1. The van der Waals surface area contributed by atoms with Crippen LogP contribution in [0, 0.1) is 11.8 Å². The number of nitrogens with one attached hydrogen (secondary N) is 1. The van der Waals surface area contributed by atoms with Crippen LogP contribution in [0.1, 0.15) is 72.1 Å². The van der Waals surface area contributed by atoms with Gasteiger partial charge in [-0.05, 0) is 31.1 Å². The van der Waals surface area contributed by atoms with Crippen LogP contribution in [0.5, 0.6) is 0 Å². The van der Waals surface area contributed by atoms with E-state index in [4.69, 9.17) is 5.73 Å². The molecule has 0 aliphatic heterocycles. The summed E-state index contributed by atoms with van der Waals surface area (Å²) < 4.78 is 0. The average Bonchev–Trinajstić information content (AvgIpc) is 2.33. The smallest absolute Gasteiger partial charge is 0.222 e. The summed E-state index contributed by atoms with van der Waals surface area (Å²) in [7, 11) is 0. The molecule has 4 N–H and O–H groups in total. The summed E-state index contributed by atoms with van der Waals surface area (Å²) in [5.74, 6) is 0.677. The molecule has 4 nitrogen and oxygen atoms in total. The maximum atomic E-state index is 11.9. The molecule has 0 spiro atoms. The van der Waals surface area contributed by atoms with E-state index in [9.17, 15) is 9.90 Å². The quantitative estimate of drug-likeness (QED) is 0.497. The highest BCUT2D eigenvalue weighted by Crippen LogP contribution is 2.33. The second-order valence-electron chi connectivity index (χ2n) is 6.82. The predicted octanol–water partition coefficient (Wildman–Crippen LogP) is 2.54. The largest absolute Gasteiger partial charge is 0.369 e. The van der Waals surface area contributed by atoms with Crippen LogP contribution in [0.25, 0.3) is 0 Å². The molecule has 118 valence electrons. The molecule has 0 aromatic carbocycles. The Bertz CT molecular complexity index is 307. The molecule has 0 radical (unpaired) electrons. The van der Waals surface area contributed by atoms with Gasteiger partial charge in [-0.25, -0.2) is 0 Å². The Kier molecular flexibility index (Phi) is 6.96. The minimum Gasteiger partial charge on any atom is -0.369 e. The number of amides is 1. The molecule has 0 aromatic rings. The lowest BCUT2D eigenvalue weighted by molar-refractivity contribution is -0.135. The summed E-state index contributed by atoms with van der Waals surface area (Å²) in [5, 5.41) is 13.5. The number of aliphatic hydroxyl groups is 1. The molecule has 20 heavy (non-hydrogen) atoms. The Hall–Kier alpha value is -0.610. The van der Waals surface area contributed by atoms with Crippen molar-refractivity contribution in [1.29, 1.82) is 0 Å². The molecule has 1 rings (SSSR count). The predicted molar refractivity (Wildman–Crippen MR) is 82.0 cm³/mol. The van der Waals surface area contributed by atoms with Gasteiger partial charge in [0.1, 0.15) is 0 Å². The van der Waals surface area contributed by atoms with Gasteiger partial charge in [0.25, 0.3) is 0 Å². The van der Waals surface area contributed by atoms with Crippen LogP contribution >= 0.6 is 0 Å². The molecule has 0 bridgehead atoms. The van der Waals surface area contributed by atoms with E-state index in [1.54, 1.807) is 0 Å². The summed E-state index contributed by atoms with van der Waals surface area (Å²) in [4.78, 5) is 11.9. The number of hydrogen-bond acceptors (Lipinski definition) is 3. The lowest BCUT2D eigenvalue weighted by atomic mass is 9.77. The second kappa shape index (κ2) is 7.99. The molecule has 0 aromatic heterocycles. The van der Waals surface area contributed by atoms with E-state index in [0.717, 1.165) is 19.3 Å². The van der Waals surface area contributed by atoms with Crippen LogP contribution < -0.4 is 11.1 Å². The van der Waals surface area contributed by atoms with Crippen molar-refractivity contribution in [3.63, 3.8) is 0 Å². The number of carbonyl (C=O) groups excluding carboxylic acids is 1. The average molecular weight is 284 g/mol. The highest BCUT2D eigenvalue weighted by atomic mass is 16.3. The Morgan fingerprint density at radius 3 is 2.70 bits per heavy atom. The molecule has 0 saturated heterocycles. The molecular formula is C16H32N2O2. The van der Waals surface area contributed by atoms with Crippen LogP contribution in [0.2, 0.25) is 0 Å². The van der Waals surface area contributed by atoms with Gasteiger partial charge in [0.05, 0.1) is 6.04 Å². The first-order valence-corrected chi connectivity index (χ1v) is 8.16. The highest BCUT2D eigenvalue weighted by Gasteiger charge is 2.41. The van der Waals surface area contributed by atoms with E-state index in [-0.39, 0.29) is 11.9 Å². The summed E-state index contributed by atoms with van der Waals surface area (Å²) in [6.45, 7) is 6.19. The SMILES string of the molecule is CCCCCC1CC[C@H](N)[C@](O)(NC(=O)CC(C)C)C1. The Labute approximate surface area is 123 Å². The minimum absolute atomic E-state index is 0.0906. The van der Waals surface area contributed by atoms with Crippen molar-refractivity contribution < 1.29 is 9.90 Å². The second-order valence-corrected chi connectivity index (χ2v) is 6.82. The van der Waals surface area contributed by atoms with Crippen LogP contribution in [0.3, 0.4) is 0 Å². The van der Waals surface area contributed by atoms with E-state index in [2.05, 4.69) is 12.2 Å². The van der Waals surface area contributed by atoms with E-state index in [1.165, 1.54) is 19.3 Å². The zero-order valence-corrected chi connectivity index (χ0v) is 13.3. The van der Waals surface area contributed by atoms with Crippen LogP contribution in [-0.4, -0.2) is 22.8 Å². The topological polar surface area (TPSA) is 75.3 Å². The Morgan fingerprint density at radius 2 is 2.10 bits per heavy atom. The third-order valence-electron chi connectivity index (χ3n) is 4.26. The van der Waals surface area contributed by atoms with Crippen molar-refractivity contribution in [3.05, 3.63) is 0 Å². The van der Waals surface area contributed by atoms with Crippen LogP contribution in [0.4, 0.5) is 0 Å². The maximum Gasteiger partial charge on any atom is 0.222 e. The third kappa shape index (κ3) is 5.41. The van der Waals surface area contributed by atoms with Gasteiger partial charge in [0, 0.05) is 6.42 Å². The van der Waals surface area contributed by atoms with Gasteiger partial charge in [-0.3, -0.25) is 4.79 Å². The van der Waals surface area contributed by atoms with Gasteiger partial charge in [0.2, 0.25) is 5.91 Å². The zero-order chi connectivity index (χ0) is 15.2. The Balaban J connectivity index is 2.53. The first-order chi connectivity index (χ1) is 9.37. The molecule has 1 aliphatic carbocycles. The summed E-state index contributed by atoms with van der Waals surface area (Å²) >= 11 is 0. The van der Waals surface area contributed by atoms with Gasteiger partial charge in [-0.2, -0.15) is 0 Å². The highest BCUT2D eigenvalue weighted by molar-refractivity contribution is 5.76. The normalized spacial score (nSPS) is 30.5. The fourth-order valence-corrected chi connectivity index (χ4v) is 3.08. The van der Waals surface area contributed by atoms with Crippen molar-refractivity contribution in [2.75, 3.05) is 0 Å². The van der Waals surface area contributed by atoms with Crippen molar-refractivity contribution in [2.45, 2.75) is 83.9 Å². The lowest BCUT2D eigenvalue weighted by Gasteiger charge is -2.42. The van der Waals surface area contributed by atoms with Crippen molar-refractivity contribution in [2.24, 2.45) is 17.6 Å². The van der Waals surface area contributed by atoms with E-state index < -0.39 is 5.72 Å². The van der Waals surface area contributed by atoms with Crippen molar-refractivity contribution >= 4 is 5.91 Å². The fraction of sp³-hybridized carbons (Fsp3) is 0.938. The number of rotatable bonds is 7. The Morgan fingerprint density at radius 1 is 1.40 bits per heavy atom. The first-order valence-electron chi connectivity index (χ1n) is 8.16. The molecule has 1 saturated carbocycles. The zero-order valence-electron chi connectivity index (χ0n) is 13.3. The summed E-state index contributed by atoms with van der Waals surface area (Å²) in [6, 6.07) is -0.346. The van der Waals surface area contributed by atoms with Gasteiger partial charge in [0.15, 0.2) is 5.72 Å².